The lowest BCUT2D eigenvalue weighted by atomic mass is 10.2. The predicted molar refractivity (Wildman–Crippen MR) is 92.5 cm³/mol. The fraction of sp³-hybridized carbons (Fsp3) is 0.438. The topological polar surface area (TPSA) is 91.7 Å². The van der Waals surface area contributed by atoms with E-state index in [1.807, 2.05) is 19.1 Å². The number of aryl methyl sites for hydroxylation is 2. The first kappa shape index (κ1) is 15.7. The molecule has 0 atom stereocenters. The summed E-state index contributed by atoms with van der Waals surface area (Å²) in [5, 5.41) is 19.4. The van der Waals surface area contributed by atoms with Crippen LogP contribution in [0.5, 0.6) is 0 Å². The van der Waals surface area contributed by atoms with Crippen LogP contribution in [0, 0.1) is 13.8 Å². The first-order chi connectivity index (χ1) is 12.2. The number of piperazine rings is 1. The zero-order valence-electron chi connectivity index (χ0n) is 14.4. The van der Waals surface area contributed by atoms with Crippen molar-refractivity contribution in [3.8, 4) is 5.69 Å². The van der Waals surface area contributed by atoms with Gasteiger partial charge < -0.3 is 4.90 Å². The van der Waals surface area contributed by atoms with Gasteiger partial charge in [0.15, 0.2) is 5.82 Å². The average molecular weight is 339 g/mol. The van der Waals surface area contributed by atoms with Crippen LogP contribution in [0.1, 0.15) is 17.2 Å². The van der Waals surface area contributed by atoms with Crippen LogP contribution < -0.4 is 4.90 Å². The molecule has 3 aromatic rings. The molecular weight excluding hydrogens is 318 g/mol. The number of anilines is 1. The number of tetrazole rings is 1. The van der Waals surface area contributed by atoms with Crippen LogP contribution >= 0.6 is 0 Å². The van der Waals surface area contributed by atoms with Crippen molar-refractivity contribution in [3.05, 3.63) is 41.5 Å². The number of benzene rings is 1. The third-order valence-electron chi connectivity index (χ3n) is 4.40. The minimum Gasteiger partial charge on any atom is -0.337 e. The maximum absolute atomic E-state index is 4.38. The van der Waals surface area contributed by atoms with Crippen molar-refractivity contribution >= 4 is 5.95 Å². The Bertz CT molecular complexity index is 827. The van der Waals surface area contributed by atoms with Crippen LogP contribution in [-0.2, 0) is 6.54 Å². The van der Waals surface area contributed by atoms with Crippen molar-refractivity contribution < 1.29 is 0 Å². The van der Waals surface area contributed by atoms with Gasteiger partial charge in [-0.1, -0.05) is 22.8 Å². The first-order valence-corrected chi connectivity index (χ1v) is 8.39. The summed E-state index contributed by atoms with van der Waals surface area (Å²) in [4.78, 5) is 8.94. The van der Waals surface area contributed by atoms with Gasteiger partial charge in [-0.3, -0.25) is 10.00 Å². The Hall–Kier alpha value is -2.81. The SMILES string of the molecule is Cc1ccc(-n2nnnc2N2CCN(Cc3n[nH]c(C)n3)CC2)cc1. The summed E-state index contributed by atoms with van der Waals surface area (Å²) >= 11 is 0. The maximum Gasteiger partial charge on any atom is 0.250 e. The standard InChI is InChI=1S/C16H21N9/c1-12-3-5-14(6-4-12)25-16(20-21-22-25)24-9-7-23(8-10-24)11-15-17-13(2)18-19-15/h3-6H,7-11H2,1-2H3,(H,17,18,19). The number of aromatic nitrogens is 7. The zero-order chi connectivity index (χ0) is 17.2. The molecule has 1 N–H and O–H groups in total. The molecule has 0 aliphatic carbocycles. The van der Waals surface area contributed by atoms with Crippen molar-refractivity contribution in [2.45, 2.75) is 20.4 Å². The number of nitrogens with one attached hydrogen (secondary N) is 1. The van der Waals surface area contributed by atoms with Crippen molar-refractivity contribution in [2.24, 2.45) is 0 Å². The molecule has 2 aromatic heterocycles. The van der Waals surface area contributed by atoms with Gasteiger partial charge >= 0.3 is 0 Å². The van der Waals surface area contributed by atoms with Crippen molar-refractivity contribution in [3.63, 3.8) is 0 Å². The fourth-order valence-electron chi connectivity index (χ4n) is 3.00. The summed E-state index contributed by atoms with van der Waals surface area (Å²) in [5.41, 5.74) is 2.19. The Morgan fingerprint density at radius 2 is 1.80 bits per heavy atom. The number of hydrogen-bond donors (Lipinski definition) is 1. The van der Waals surface area contributed by atoms with Gasteiger partial charge in [0.1, 0.15) is 5.82 Å². The summed E-state index contributed by atoms with van der Waals surface area (Å²) in [6, 6.07) is 8.21. The third kappa shape index (κ3) is 3.36. The lowest BCUT2D eigenvalue weighted by Crippen LogP contribution is -2.47. The molecule has 1 aliphatic heterocycles. The van der Waals surface area contributed by atoms with E-state index in [9.17, 15) is 0 Å². The monoisotopic (exact) mass is 339 g/mol. The van der Waals surface area contributed by atoms with Gasteiger partial charge in [-0.15, -0.1) is 0 Å². The molecule has 1 aliphatic rings. The molecule has 1 fully saturated rings. The predicted octanol–water partition coefficient (Wildman–Crippen LogP) is 0.719. The van der Waals surface area contributed by atoms with Crippen LogP contribution in [0.15, 0.2) is 24.3 Å². The van der Waals surface area contributed by atoms with E-state index in [4.69, 9.17) is 0 Å². The number of aromatic amines is 1. The molecule has 0 amide bonds. The lowest BCUT2D eigenvalue weighted by molar-refractivity contribution is 0.243. The minimum atomic E-state index is 0.765. The van der Waals surface area contributed by atoms with Gasteiger partial charge in [0.05, 0.1) is 12.2 Å². The molecule has 0 unspecified atom stereocenters. The van der Waals surface area contributed by atoms with Crippen LogP contribution in [0.4, 0.5) is 5.95 Å². The molecule has 9 nitrogen and oxygen atoms in total. The van der Waals surface area contributed by atoms with Crippen LogP contribution in [0.25, 0.3) is 5.69 Å². The van der Waals surface area contributed by atoms with E-state index in [2.05, 4.69) is 59.6 Å². The van der Waals surface area contributed by atoms with Crippen molar-refractivity contribution in [2.75, 3.05) is 31.1 Å². The summed E-state index contributed by atoms with van der Waals surface area (Å²) in [6.45, 7) is 8.34. The van der Waals surface area contributed by atoms with Crippen LogP contribution in [0.2, 0.25) is 0 Å². The Morgan fingerprint density at radius 1 is 1.04 bits per heavy atom. The number of rotatable bonds is 4. The van der Waals surface area contributed by atoms with Crippen molar-refractivity contribution in [1.29, 1.82) is 0 Å². The first-order valence-electron chi connectivity index (χ1n) is 8.39. The van der Waals surface area contributed by atoms with Crippen LogP contribution in [-0.4, -0.2) is 66.5 Å². The lowest BCUT2D eigenvalue weighted by Gasteiger charge is -2.34. The zero-order valence-corrected chi connectivity index (χ0v) is 14.4. The highest BCUT2D eigenvalue weighted by Gasteiger charge is 2.23. The molecular formula is C16H21N9. The molecule has 3 heterocycles. The van der Waals surface area contributed by atoms with Gasteiger partial charge in [0.25, 0.3) is 0 Å². The molecule has 25 heavy (non-hydrogen) atoms. The highest BCUT2D eigenvalue weighted by atomic mass is 15.6. The Morgan fingerprint density at radius 3 is 2.48 bits per heavy atom. The molecule has 0 radical (unpaired) electrons. The third-order valence-corrected chi connectivity index (χ3v) is 4.40. The van der Waals surface area contributed by atoms with E-state index in [1.165, 1.54) is 5.56 Å². The molecule has 4 rings (SSSR count). The summed E-state index contributed by atoms with van der Waals surface area (Å²) in [7, 11) is 0. The highest BCUT2D eigenvalue weighted by molar-refractivity contribution is 5.42. The molecule has 0 saturated carbocycles. The Kier molecular flexibility index (Phi) is 4.14. The second kappa shape index (κ2) is 6.60. The second-order valence-corrected chi connectivity index (χ2v) is 6.33. The van der Waals surface area contributed by atoms with Crippen LogP contribution in [0.3, 0.4) is 0 Å². The van der Waals surface area contributed by atoms with E-state index in [1.54, 1.807) is 4.68 Å². The maximum atomic E-state index is 4.38. The summed E-state index contributed by atoms with van der Waals surface area (Å²) in [5.74, 6) is 2.48. The fourth-order valence-corrected chi connectivity index (χ4v) is 3.00. The molecule has 0 spiro atoms. The number of hydrogen-bond acceptors (Lipinski definition) is 7. The largest absolute Gasteiger partial charge is 0.337 e. The van der Waals surface area contributed by atoms with Gasteiger partial charge in [0.2, 0.25) is 5.95 Å². The summed E-state index contributed by atoms with van der Waals surface area (Å²) < 4.78 is 1.80. The molecule has 1 aromatic carbocycles. The van der Waals surface area contributed by atoms with E-state index in [0.717, 1.165) is 56.0 Å². The van der Waals surface area contributed by atoms with Crippen molar-refractivity contribution in [1.82, 2.24) is 40.3 Å². The van der Waals surface area contributed by atoms with E-state index < -0.39 is 0 Å². The van der Waals surface area contributed by atoms with E-state index >= 15 is 0 Å². The minimum absolute atomic E-state index is 0.765. The smallest absolute Gasteiger partial charge is 0.250 e. The van der Waals surface area contributed by atoms with Gasteiger partial charge in [-0.25, -0.2) is 4.98 Å². The summed E-state index contributed by atoms with van der Waals surface area (Å²) in [6.07, 6.45) is 0. The molecule has 130 valence electrons. The van der Waals surface area contributed by atoms with E-state index in [-0.39, 0.29) is 0 Å². The Labute approximate surface area is 145 Å². The van der Waals surface area contributed by atoms with Gasteiger partial charge in [-0.2, -0.15) is 9.78 Å². The average Bonchev–Trinajstić information content (AvgIpc) is 3.26. The highest BCUT2D eigenvalue weighted by Crippen LogP contribution is 2.18. The molecule has 0 bridgehead atoms. The van der Waals surface area contributed by atoms with Gasteiger partial charge in [0, 0.05) is 26.2 Å². The van der Waals surface area contributed by atoms with E-state index in [0.29, 0.717) is 0 Å². The number of nitrogens with zero attached hydrogens (tertiary/aromatic N) is 8. The van der Waals surface area contributed by atoms with Gasteiger partial charge in [-0.05, 0) is 36.4 Å². The second-order valence-electron chi connectivity index (χ2n) is 6.33. The Balaban J connectivity index is 1.43. The quantitative estimate of drug-likeness (QED) is 0.749. The molecule has 1 saturated heterocycles. The number of H-pyrrole nitrogens is 1. The normalized spacial score (nSPS) is 15.7. The molecule has 9 heteroatoms.